The Hall–Kier alpha value is -2.12. The molecule has 21 heavy (non-hydrogen) atoms. The van der Waals surface area contributed by atoms with Crippen LogP contribution in [0.15, 0.2) is 60.2 Å². The van der Waals surface area contributed by atoms with Crippen LogP contribution < -0.4 is 5.32 Å². The van der Waals surface area contributed by atoms with Gasteiger partial charge in [-0.05, 0) is 52.6 Å². The van der Waals surface area contributed by atoms with Gasteiger partial charge in [-0.15, -0.1) is 0 Å². The number of allylic oxidation sites excluding steroid dienone is 2. The highest BCUT2D eigenvalue weighted by Gasteiger charge is 2.34. The molecule has 0 radical (unpaired) electrons. The van der Waals surface area contributed by atoms with Crippen LogP contribution in [0.1, 0.15) is 17.5 Å². The molecule has 3 aliphatic rings. The molecule has 2 aromatic rings. The molecule has 0 amide bonds. The second kappa shape index (κ2) is 4.19. The van der Waals surface area contributed by atoms with E-state index in [9.17, 15) is 0 Å². The summed E-state index contributed by atoms with van der Waals surface area (Å²) < 4.78 is 0. The molecule has 5 rings (SSSR count). The van der Waals surface area contributed by atoms with Gasteiger partial charge < -0.3 is 5.32 Å². The van der Waals surface area contributed by atoms with Crippen molar-refractivity contribution in [2.24, 2.45) is 5.92 Å². The van der Waals surface area contributed by atoms with Gasteiger partial charge in [-0.25, -0.2) is 0 Å². The van der Waals surface area contributed by atoms with Gasteiger partial charge in [-0.3, -0.25) is 0 Å². The molecule has 1 nitrogen and oxygen atoms in total. The predicted octanol–water partition coefficient (Wildman–Crippen LogP) is 4.17. The fourth-order valence-electron chi connectivity index (χ4n) is 4.03. The van der Waals surface area contributed by atoms with Crippen LogP contribution >= 0.6 is 0 Å². The van der Waals surface area contributed by atoms with Gasteiger partial charge in [0.25, 0.3) is 0 Å². The van der Waals surface area contributed by atoms with Crippen molar-refractivity contribution < 1.29 is 0 Å². The van der Waals surface area contributed by atoms with E-state index >= 15 is 0 Å². The van der Waals surface area contributed by atoms with Crippen LogP contribution in [0.2, 0.25) is 0 Å². The van der Waals surface area contributed by atoms with E-state index in [1.165, 1.54) is 33.9 Å². The van der Waals surface area contributed by atoms with Crippen LogP contribution in [0.3, 0.4) is 0 Å². The Balaban J connectivity index is 1.74. The Morgan fingerprint density at radius 3 is 2.76 bits per heavy atom. The van der Waals surface area contributed by atoms with Gasteiger partial charge in [0, 0.05) is 12.0 Å². The maximum absolute atomic E-state index is 3.67. The van der Waals surface area contributed by atoms with Gasteiger partial charge in [-0.1, -0.05) is 54.1 Å². The summed E-state index contributed by atoms with van der Waals surface area (Å²) in [5.74, 6) is 0.501. The molecule has 1 heterocycles. The molecule has 0 aromatic heterocycles. The van der Waals surface area contributed by atoms with Gasteiger partial charge in [0.15, 0.2) is 0 Å². The third-order valence-corrected chi connectivity index (χ3v) is 5.08. The second-order valence-electron chi connectivity index (χ2n) is 6.22. The Labute approximate surface area is 124 Å². The van der Waals surface area contributed by atoms with Crippen molar-refractivity contribution in [1.82, 2.24) is 5.32 Å². The summed E-state index contributed by atoms with van der Waals surface area (Å²) in [5, 5.41) is 6.32. The molecular weight excluding hydrogens is 254 g/mol. The number of fused-ring (bicyclic) bond motifs is 6. The molecule has 0 bridgehead atoms. The Kier molecular flexibility index (Phi) is 2.30. The number of nitrogens with one attached hydrogen (secondary N) is 1. The minimum absolute atomic E-state index is 0.501. The lowest BCUT2D eigenvalue weighted by Gasteiger charge is -2.32. The quantitative estimate of drug-likeness (QED) is 0.758. The summed E-state index contributed by atoms with van der Waals surface area (Å²) in [7, 11) is 0. The first-order valence-electron chi connectivity index (χ1n) is 7.75. The van der Waals surface area contributed by atoms with E-state index in [0.29, 0.717) is 12.0 Å². The Morgan fingerprint density at radius 1 is 1.00 bits per heavy atom. The molecule has 2 atom stereocenters. The normalized spacial score (nSPS) is 25.9. The molecule has 0 spiro atoms. The zero-order chi connectivity index (χ0) is 13.8. The maximum Gasteiger partial charge on any atom is 0.0387 e. The summed E-state index contributed by atoms with van der Waals surface area (Å²) in [6.07, 6.45) is 10.6. The van der Waals surface area contributed by atoms with Gasteiger partial charge in [-0.2, -0.15) is 0 Å². The molecule has 1 fully saturated rings. The van der Waals surface area contributed by atoms with Gasteiger partial charge in [0.05, 0.1) is 0 Å². The van der Waals surface area contributed by atoms with Crippen LogP contribution in [0.4, 0.5) is 0 Å². The number of benzene rings is 2. The van der Waals surface area contributed by atoms with E-state index in [-0.39, 0.29) is 0 Å². The smallest absolute Gasteiger partial charge is 0.0387 e. The molecule has 2 aromatic carbocycles. The standard InChI is InChI=1S/C20H17N/c1-2-4-15-12-19-16(11-14(15)3-1)6-8-18-17(19)7-5-13-9-10-21-20(13)18/h1-8,11-12,18,20-21H,9-10H2. The van der Waals surface area contributed by atoms with E-state index < -0.39 is 0 Å². The van der Waals surface area contributed by atoms with Crippen LogP contribution in [0.5, 0.6) is 0 Å². The Morgan fingerprint density at radius 2 is 1.86 bits per heavy atom. The van der Waals surface area contributed by atoms with Crippen LogP contribution in [-0.4, -0.2) is 12.6 Å². The first-order chi connectivity index (χ1) is 10.4. The number of hydrogen-bond donors (Lipinski definition) is 1. The Bertz CT molecular complexity index is 838. The predicted molar refractivity (Wildman–Crippen MR) is 88.9 cm³/mol. The average Bonchev–Trinajstić information content (AvgIpc) is 3.01. The lowest BCUT2D eigenvalue weighted by Crippen LogP contribution is -2.33. The fraction of sp³-hybridized carbons (Fsp3) is 0.200. The third kappa shape index (κ3) is 1.61. The van der Waals surface area contributed by atoms with E-state index in [1.807, 2.05) is 0 Å². The molecule has 2 unspecified atom stereocenters. The van der Waals surface area contributed by atoms with Crippen molar-refractivity contribution in [1.29, 1.82) is 0 Å². The maximum atomic E-state index is 3.67. The fourth-order valence-corrected chi connectivity index (χ4v) is 4.03. The zero-order valence-electron chi connectivity index (χ0n) is 11.8. The summed E-state index contributed by atoms with van der Waals surface area (Å²) >= 11 is 0. The lowest BCUT2D eigenvalue weighted by molar-refractivity contribution is 0.591. The molecule has 0 saturated carbocycles. The average molecular weight is 271 g/mol. The highest BCUT2D eigenvalue weighted by atomic mass is 15.0. The van der Waals surface area contributed by atoms with E-state index in [0.717, 1.165) is 6.54 Å². The van der Waals surface area contributed by atoms with Crippen molar-refractivity contribution >= 4 is 22.4 Å². The molecule has 102 valence electrons. The van der Waals surface area contributed by atoms with Gasteiger partial charge >= 0.3 is 0 Å². The molecular formula is C20H17N. The SMILES string of the molecule is C1=CC2C(=CC=C3CCNC32)c2cc3ccccc3cc21. The van der Waals surface area contributed by atoms with Crippen LogP contribution in [0, 0.1) is 5.92 Å². The van der Waals surface area contributed by atoms with Crippen LogP contribution in [0.25, 0.3) is 22.4 Å². The highest BCUT2D eigenvalue weighted by Crippen LogP contribution is 2.42. The largest absolute Gasteiger partial charge is 0.309 e. The molecule has 1 heteroatoms. The third-order valence-electron chi connectivity index (χ3n) is 5.08. The summed E-state index contributed by atoms with van der Waals surface area (Å²) in [6.45, 7) is 1.12. The van der Waals surface area contributed by atoms with Crippen LogP contribution in [-0.2, 0) is 0 Å². The molecule has 2 aliphatic carbocycles. The summed E-state index contributed by atoms with van der Waals surface area (Å²) in [6, 6.07) is 13.8. The van der Waals surface area contributed by atoms with Gasteiger partial charge in [0.2, 0.25) is 0 Å². The minimum atomic E-state index is 0.501. The first kappa shape index (κ1) is 11.5. The molecule has 1 N–H and O–H groups in total. The van der Waals surface area contributed by atoms with E-state index in [1.54, 1.807) is 5.57 Å². The monoisotopic (exact) mass is 271 g/mol. The topological polar surface area (TPSA) is 12.0 Å². The van der Waals surface area contributed by atoms with Crippen molar-refractivity contribution in [2.75, 3.05) is 6.54 Å². The van der Waals surface area contributed by atoms with Crippen molar-refractivity contribution in [2.45, 2.75) is 12.5 Å². The van der Waals surface area contributed by atoms with Crippen molar-refractivity contribution in [3.8, 4) is 0 Å². The van der Waals surface area contributed by atoms with E-state index in [2.05, 4.69) is 66.0 Å². The zero-order valence-corrected chi connectivity index (χ0v) is 11.8. The second-order valence-corrected chi connectivity index (χ2v) is 6.22. The van der Waals surface area contributed by atoms with Crippen molar-refractivity contribution in [3.63, 3.8) is 0 Å². The summed E-state index contributed by atoms with van der Waals surface area (Å²) in [5.41, 5.74) is 5.80. The molecule has 1 aliphatic heterocycles. The minimum Gasteiger partial charge on any atom is -0.309 e. The summed E-state index contributed by atoms with van der Waals surface area (Å²) in [4.78, 5) is 0. The number of hydrogen-bond acceptors (Lipinski definition) is 1. The van der Waals surface area contributed by atoms with Gasteiger partial charge in [0.1, 0.15) is 0 Å². The lowest BCUT2D eigenvalue weighted by atomic mass is 9.75. The number of rotatable bonds is 0. The van der Waals surface area contributed by atoms with Crippen molar-refractivity contribution in [3.05, 3.63) is 71.3 Å². The highest BCUT2D eigenvalue weighted by molar-refractivity contribution is 5.93. The first-order valence-corrected chi connectivity index (χ1v) is 7.75. The van der Waals surface area contributed by atoms with E-state index in [4.69, 9.17) is 0 Å². The molecule has 1 saturated heterocycles.